The number of hydrogen-bond acceptors (Lipinski definition) is 7. The van der Waals surface area contributed by atoms with Gasteiger partial charge in [0.15, 0.2) is 0 Å². The highest BCUT2D eigenvalue weighted by Crippen LogP contribution is 2.33. The van der Waals surface area contributed by atoms with Gasteiger partial charge in [-0.1, -0.05) is 24.3 Å². The highest BCUT2D eigenvalue weighted by molar-refractivity contribution is 5.97. The third-order valence-electron chi connectivity index (χ3n) is 8.97. The third kappa shape index (κ3) is 7.54. The Morgan fingerprint density at radius 3 is 2.63 bits per heavy atom. The molecule has 3 heterocycles. The number of morpholine rings is 1. The molecule has 3 aliphatic rings. The van der Waals surface area contributed by atoms with Crippen LogP contribution in [0.5, 0.6) is 0 Å². The lowest BCUT2D eigenvalue weighted by atomic mass is 9.98. The van der Waals surface area contributed by atoms with Gasteiger partial charge >= 0.3 is 0 Å². The molecular weight excluding hydrogens is 587 g/mol. The van der Waals surface area contributed by atoms with Gasteiger partial charge in [0.25, 0.3) is 5.91 Å². The summed E-state index contributed by atoms with van der Waals surface area (Å²) in [6.07, 6.45) is 6.86. The van der Waals surface area contributed by atoms with Crippen molar-refractivity contribution in [3.05, 3.63) is 77.2 Å². The van der Waals surface area contributed by atoms with Gasteiger partial charge in [-0.3, -0.25) is 14.4 Å². The standard InChI is InChI=1S/C35H41FN6O4/c1-23(29-10-9-28(41-15-13-40(2)14-16-41)20-25(29)6-5-24-3-4-24)38-35(45)32-22-46-18-17-42(32)33(43)21-37-34(44)31-11-7-26-19-27(36)8-12-30(26)39-31/h5-12,19-20,23-24,32H,3-4,13-18,21-22H2,1-2H3,(H,37,44)(H,38,45)/b6-5+/t23-,32-/m0/s1. The van der Waals surface area contributed by atoms with E-state index in [4.69, 9.17) is 4.74 Å². The van der Waals surface area contributed by atoms with Crippen molar-refractivity contribution in [3.63, 3.8) is 0 Å². The summed E-state index contributed by atoms with van der Waals surface area (Å²) in [6.45, 7) is 6.24. The summed E-state index contributed by atoms with van der Waals surface area (Å²) < 4.78 is 19.1. The fourth-order valence-electron chi connectivity index (χ4n) is 5.97. The first-order valence-electron chi connectivity index (χ1n) is 16.0. The fourth-order valence-corrected chi connectivity index (χ4v) is 5.97. The number of aromatic nitrogens is 1. The minimum absolute atomic E-state index is 0.0673. The van der Waals surface area contributed by atoms with Crippen LogP contribution in [0.1, 0.15) is 47.4 Å². The van der Waals surface area contributed by atoms with Crippen molar-refractivity contribution in [2.45, 2.75) is 31.8 Å². The number of carbonyl (C=O) groups excluding carboxylic acids is 3. The molecule has 2 atom stereocenters. The van der Waals surface area contributed by atoms with E-state index in [9.17, 15) is 18.8 Å². The molecule has 3 amide bonds. The number of nitrogens with zero attached hydrogens (tertiary/aromatic N) is 4. The summed E-state index contributed by atoms with van der Waals surface area (Å²) in [4.78, 5) is 50.1. The monoisotopic (exact) mass is 628 g/mol. The number of rotatable bonds is 9. The molecule has 0 unspecified atom stereocenters. The van der Waals surface area contributed by atoms with Crippen molar-refractivity contribution in [2.75, 3.05) is 64.4 Å². The number of allylic oxidation sites excluding steroid dienone is 1. The molecular formula is C35H41FN6O4. The summed E-state index contributed by atoms with van der Waals surface area (Å²) >= 11 is 0. The van der Waals surface area contributed by atoms with Crippen molar-refractivity contribution >= 4 is 40.4 Å². The van der Waals surface area contributed by atoms with Gasteiger partial charge in [0.05, 0.1) is 31.3 Å². The Bertz CT molecular complexity index is 1630. The van der Waals surface area contributed by atoms with E-state index in [1.807, 2.05) is 6.92 Å². The SMILES string of the molecule is C[C@H](NC(=O)[C@@H]1COCCN1C(=O)CNC(=O)c1ccc2cc(F)ccc2n1)c1ccc(N2CCN(C)CC2)cc1/C=C/C1CC1. The maximum Gasteiger partial charge on any atom is 0.270 e. The summed E-state index contributed by atoms with van der Waals surface area (Å²) in [5, 5.41) is 6.31. The topological polar surface area (TPSA) is 107 Å². The number of piperazine rings is 1. The number of likely N-dealkylation sites (N-methyl/N-ethyl adjacent to an activating group) is 1. The molecule has 46 heavy (non-hydrogen) atoms. The average molecular weight is 629 g/mol. The number of fused-ring (bicyclic) bond motifs is 1. The molecule has 3 aromatic rings. The van der Waals surface area contributed by atoms with Gasteiger partial charge in [0.1, 0.15) is 17.6 Å². The molecule has 1 aromatic heterocycles. The third-order valence-corrected chi connectivity index (χ3v) is 8.97. The lowest BCUT2D eigenvalue weighted by Gasteiger charge is -2.35. The Hall–Kier alpha value is -4.35. The average Bonchev–Trinajstić information content (AvgIpc) is 3.90. The van der Waals surface area contributed by atoms with E-state index in [0.717, 1.165) is 37.3 Å². The van der Waals surface area contributed by atoms with Crippen LogP contribution in [0, 0.1) is 11.7 Å². The molecule has 2 saturated heterocycles. The molecule has 242 valence electrons. The molecule has 0 spiro atoms. The number of anilines is 1. The van der Waals surface area contributed by atoms with Crippen LogP contribution < -0.4 is 15.5 Å². The Balaban J connectivity index is 1.10. The quantitative estimate of drug-likeness (QED) is 0.374. The smallest absolute Gasteiger partial charge is 0.270 e. The molecule has 1 aliphatic carbocycles. The van der Waals surface area contributed by atoms with Crippen molar-refractivity contribution in [2.24, 2.45) is 5.92 Å². The van der Waals surface area contributed by atoms with Crippen molar-refractivity contribution < 1.29 is 23.5 Å². The minimum atomic E-state index is -0.829. The second-order valence-electron chi connectivity index (χ2n) is 12.4. The lowest BCUT2D eigenvalue weighted by molar-refractivity contribution is -0.148. The number of carbonyl (C=O) groups is 3. The van der Waals surface area contributed by atoms with Gasteiger partial charge in [-0.25, -0.2) is 9.37 Å². The molecule has 2 N–H and O–H groups in total. The molecule has 2 aromatic carbocycles. The number of pyridine rings is 1. The van der Waals surface area contributed by atoms with E-state index in [1.54, 1.807) is 6.07 Å². The molecule has 0 radical (unpaired) electrons. The second-order valence-corrected chi connectivity index (χ2v) is 12.4. The first-order valence-corrected chi connectivity index (χ1v) is 16.0. The Kier molecular flexibility index (Phi) is 9.60. The van der Waals surface area contributed by atoms with Crippen molar-refractivity contribution in [3.8, 4) is 0 Å². The zero-order chi connectivity index (χ0) is 32.2. The van der Waals surface area contributed by atoms with Gasteiger partial charge in [-0.05, 0) is 80.3 Å². The number of hydrogen-bond donors (Lipinski definition) is 2. The van der Waals surface area contributed by atoms with Crippen LogP contribution in [0.25, 0.3) is 17.0 Å². The zero-order valence-corrected chi connectivity index (χ0v) is 26.4. The second kappa shape index (κ2) is 14.0. The van der Waals surface area contributed by atoms with Gasteiger partial charge < -0.3 is 30.1 Å². The number of benzene rings is 2. The predicted molar refractivity (Wildman–Crippen MR) is 175 cm³/mol. The van der Waals surface area contributed by atoms with Crippen LogP contribution in [0.3, 0.4) is 0 Å². The highest BCUT2D eigenvalue weighted by Gasteiger charge is 2.34. The van der Waals surface area contributed by atoms with Crippen LogP contribution in [-0.2, 0) is 14.3 Å². The van der Waals surface area contributed by atoms with Gasteiger partial charge in [0, 0.05) is 43.8 Å². The number of amides is 3. The van der Waals surface area contributed by atoms with Gasteiger partial charge in [-0.2, -0.15) is 0 Å². The summed E-state index contributed by atoms with van der Waals surface area (Å²) in [5.41, 5.74) is 3.86. The summed E-state index contributed by atoms with van der Waals surface area (Å²) in [7, 11) is 2.14. The molecule has 10 nitrogen and oxygen atoms in total. The first-order chi connectivity index (χ1) is 22.2. The fraction of sp³-hybridized carbons (Fsp3) is 0.429. The number of ether oxygens (including phenoxy) is 1. The normalized spacial score (nSPS) is 19.8. The van der Waals surface area contributed by atoms with Crippen molar-refractivity contribution in [1.29, 1.82) is 0 Å². The lowest BCUT2D eigenvalue weighted by Crippen LogP contribution is -2.57. The Morgan fingerprint density at radius 2 is 1.85 bits per heavy atom. The molecule has 6 rings (SSSR count). The predicted octanol–water partition coefficient (Wildman–Crippen LogP) is 3.38. The summed E-state index contributed by atoms with van der Waals surface area (Å²) in [6, 6.07) is 12.5. The number of nitrogens with one attached hydrogen (secondary N) is 2. The molecule has 0 bridgehead atoms. The zero-order valence-electron chi connectivity index (χ0n) is 26.4. The van der Waals surface area contributed by atoms with E-state index < -0.39 is 17.9 Å². The van der Waals surface area contributed by atoms with Crippen LogP contribution in [0.4, 0.5) is 10.1 Å². The van der Waals surface area contributed by atoms with Gasteiger partial charge in [-0.15, -0.1) is 0 Å². The van der Waals surface area contributed by atoms with Crippen LogP contribution in [0.15, 0.2) is 54.6 Å². The van der Waals surface area contributed by atoms with Crippen molar-refractivity contribution in [1.82, 2.24) is 25.4 Å². The van der Waals surface area contributed by atoms with Gasteiger partial charge in [0.2, 0.25) is 11.8 Å². The Morgan fingerprint density at radius 1 is 1.04 bits per heavy atom. The number of halogens is 1. The van der Waals surface area contributed by atoms with E-state index in [0.29, 0.717) is 23.4 Å². The summed E-state index contributed by atoms with van der Waals surface area (Å²) in [5.74, 6) is -1.01. The molecule has 11 heteroatoms. The van der Waals surface area contributed by atoms with Crippen LogP contribution >= 0.6 is 0 Å². The Labute approximate surface area is 268 Å². The van der Waals surface area contributed by atoms with E-state index in [2.05, 4.69) is 62.8 Å². The van der Waals surface area contributed by atoms with Crippen LogP contribution in [0.2, 0.25) is 0 Å². The first kappa shape index (κ1) is 31.6. The van der Waals surface area contributed by atoms with E-state index in [-0.39, 0.29) is 43.2 Å². The molecule has 3 fully saturated rings. The largest absolute Gasteiger partial charge is 0.377 e. The maximum atomic E-state index is 13.6. The van der Waals surface area contributed by atoms with E-state index >= 15 is 0 Å². The van der Waals surface area contributed by atoms with E-state index in [1.165, 1.54) is 47.7 Å². The minimum Gasteiger partial charge on any atom is -0.377 e. The molecule has 2 aliphatic heterocycles. The van der Waals surface area contributed by atoms with Crippen LogP contribution in [-0.4, -0.2) is 98.1 Å². The highest BCUT2D eigenvalue weighted by atomic mass is 19.1. The molecule has 1 saturated carbocycles. The maximum absolute atomic E-state index is 13.6.